The number of nitrogens with one attached hydrogen (secondary N) is 1. The van der Waals surface area contributed by atoms with Crippen LogP contribution in [0.15, 0.2) is 0 Å². The third kappa shape index (κ3) is 4.80. The van der Waals surface area contributed by atoms with Crippen molar-refractivity contribution in [1.82, 2.24) is 10.2 Å². The Balaban J connectivity index is 2.16. The summed E-state index contributed by atoms with van der Waals surface area (Å²) in [6.07, 6.45) is 2.85. The maximum atomic E-state index is 11.4. The first kappa shape index (κ1) is 12.0. The van der Waals surface area contributed by atoms with E-state index in [1.54, 1.807) is 0 Å². The van der Waals surface area contributed by atoms with E-state index in [-0.39, 0.29) is 5.91 Å². The maximum absolute atomic E-state index is 11.4. The fourth-order valence-electron chi connectivity index (χ4n) is 1.95. The molecule has 1 aliphatic heterocycles. The van der Waals surface area contributed by atoms with E-state index in [2.05, 4.69) is 17.1 Å². The summed E-state index contributed by atoms with van der Waals surface area (Å²) in [6.45, 7) is 5.22. The first-order valence-corrected chi connectivity index (χ1v) is 5.58. The zero-order chi connectivity index (χ0) is 11.1. The van der Waals surface area contributed by atoms with Gasteiger partial charge in [0.05, 0.1) is 19.0 Å². The molecule has 4 heteroatoms. The molecular formula is C11H19N3O. The molecule has 4 nitrogen and oxygen atoms in total. The van der Waals surface area contributed by atoms with Gasteiger partial charge in [-0.25, -0.2) is 0 Å². The molecule has 1 atom stereocenters. The van der Waals surface area contributed by atoms with E-state index in [9.17, 15) is 4.79 Å². The average molecular weight is 209 g/mol. The molecule has 0 bridgehead atoms. The number of carbonyl (C=O) groups is 1. The van der Waals surface area contributed by atoms with E-state index in [0.29, 0.717) is 25.4 Å². The van der Waals surface area contributed by atoms with Crippen LogP contribution in [0.4, 0.5) is 0 Å². The first-order valence-electron chi connectivity index (χ1n) is 5.58. The smallest absolute Gasteiger partial charge is 0.234 e. The van der Waals surface area contributed by atoms with Crippen LogP contribution in [0.5, 0.6) is 0 Å². The molecule has 0 aromatic carbocycles. The number of nitrogens with zero attached hydrogens (tertiary/aromatic N) is 2. The normalized spacial score (nSPS) is 22.0. The van der Waals surface area contributed by atoms with Gasteiger partial charge in [0, 0.05) is 13.1 Å². The first-order chi connectivity index (χ1) is 7.22. The Kier molecular flexibility index (Phi) is 5.13. The van der Waals surface area contributed by atoms with Crippen molar-refractivity contribution in [3.8, 4) is 6.07 Å². The van der Waals surface area contributed by atoms with Gasteiger partial charge in [0.25, 0.3) is 0 Å². The number of amides is 1. The highest BCUT2D eigenvalue weighted by Crippen LogP contribution is 2.14. The number of piperidine rings is 1. The molecule has 1 N–H and O–H groups in total. The van der Waals surface area contributed by atoms with Crippen LogP contribution in [0.1, 0.15) is 26.2 Å². The number of likely N-dealkylation sites (tertiary alicyclic amines) is 1. The lowest BCUT2D eigenvalue weighted by atomic mass is 10.0. The molecule has 0 aromatic rings. The van der Waals surface area contributed by atoms with Gasteiger partial charge in [-0.2, -0.15) is 5.26 Å². The van der Waals surface area contributed by atoms with Crippen molar-refractivity contribution >= 4 is 5.91 Å². The minimum atomic E-state index is 0.0411. The molecule has 0 aliphatic carbocycles. The van der Waals surface area contributed by atoms with Gasteiger partial charge in [-0.15, -0.1) is 0 Å². The highest BCUT2D eigenvalue weighted by molar-refractivity contribution is 5.78. The van der Waals surface area contributed by atoms with E-state index < -0.39 is 0 Å². The second-order valence-electron chi connectivity index (χ2n) is 4.24. The average Bonchev–Trinajstić information content (AvgIpc) is 2.18. The summed E-state index contributed by atoms with van der Waals surface area (Å²) >= 11 is 0. The van der Waals surface area contributed by atoms with Crippen LogP contribution in [-0.4, -0.2) is 37.0 Å². The lowest BCUT2D eigenvalue weighted by Crippen LogP contribution is -2.42. The van der Waals surface area contributed by atoms with Gasteiger partial charge >= 0.3 is 0 Å². The van der Waals surface area contributed by atoms with E-state index in [1.165, 1.54) is 12.8 Å². The minimum absolute atomic E-state index is 0.0411. The molecule has 1 fully saturated rings. The molecule has 84 valence electrons. The van der Waals surface area contributed by atoms with Gasteiger partial charge in [0.2, 0.25) is 5.91 Å². The van der Waals surface area contributed by atoms with Gasteiger partial charge in [0.1, 0.15) is 0 Å². The fourth-order valence-corrected chi connectivity index (χ4v) is 1.95. The predicted octanol–water partition coefficient (Wildman–Crippen LogP) is 0.748. The largest absolute Gasteiger partial charge is 0.354 e. The summed E-state index contributed by atoms with van der Waals surface area (Å²) in [5.74, 6) is 0.741. The Labute approximate surface area is 91.2 Å². The molecule has 0 aromatic heterocycles. The van der Waals surface area contributed by atoms with Crippen molar-refractivity contribution in [3.05, 3.63) is 0 Å². The van der Waals surface area contributed by atoms with Crippen LogP contribution < -0.4 is 5.32 Å². The Hall–Kier alpha value is -1.08. The highest BCUT2D eigenvalue weighted by Gasteiger charge is 2.17. The van der Waals surface area contributed by atoms with E-state index in [4.69, 9.17) is 5.26 Å². The van der Waals surface area contributed by atoms with Crippen molar-refractivity contribution in [3.63, 3.8) is 0 Å². The molecule has 1 amide bonds. The number of nitriles is 1. The lowest BCUT2D eigenvalue weighted by molar-refractivity contribution is -0.122. The quantitative estimate of drug-likeness (QED) is 0.695. The van der Waals surface area contributed by atoms with Crippen LogP contribution in [0, 0.1) is 17.2 Å². The van der Waals surface area contributed by atoms with Gasteiger partial charge in [-0.3, -0.25) is 9.69 Å². The van der Waals surface area contributed by atoms with Crippen molar-refractivity contribution in [2.45, 2.75) is 26.2 Å². The van der Waals surface area contributed by atoms with Gasteiger partial charge in [-0.05, 0) is 25.3 Å². The van der Waals surface area contributed by atoms with Crippen LogP contribution in [-0.2, 0) is 4.79 Å². The van der Waals surface area contributed by atoms with Crippen LogP contribution in [0.2, 0.25) is 0 Å². The van der Waals surface area contributed by atoms with Crippen molar-refractivity contribution < 1.29 is 4.79 Å². The molecule has 0 spiro atoms. The number of carbonyl (C=O) groups excluding carboxylic acids is 1. The number of rotatable bonds is 4. The van der Waals surface area contributed by atoms with Crippen LogP contribution >= 0.6 is 0 Å². The second-order valence-corrected chi connectivity index (χ2v) is 4.24. The maximum Gasteiger partial charge on any atom is 0.234 e. The number of hydrogen-bond donors (Lipinski definition) is 1. The topological polar surface area (TPSA) is 56.1 Å². The molecular weight excluding hydrogens is 190 g/mol. The third-order valence-electron chi connectivity index (χ3n) is 2.67. The highest BCUT2D eigenvalue weighted by atomic mass is 16.2. The van der Waals surface area contributed by atoms with Crippen molar-refractivity contribution in [2.75, 3.05) is 26.2 Å². The lowest BCUT2D eigenvalue weighted by Gasteiger charge is -2.30. The van der Waals surface area contributed by atoms with E-state index in [1.807, 2.05) is 6.07 Å². The summed E-state index contributed by atoms with van der Waals surface area (Å²) in [5.41, 5.74) is 0. The molecule has 0 unspecified atom stereocenters. The molecule has 0 radical (unpaired) electrons. The summed E-state index contributed by atoms with van der Waals surface area (Å²) in [7, 11) is 0. The Morgan fingerprint density at radius 1 is 1.67 bits per heavy atom. The SMILES string of the molecule is C[C@H]1CCCN(CC(=O)NCCC#N)C1. The summed E-state index contributed by atoms with van der Waals surface area (Å²) < 4.78 is 0. The monoisotopic (exact) mass is 209 g/mol. The molecule has 1 aliphatic rings. The standard InChI is InChI=1S/C11H19N3O/c1-10-4-2-7-14(8-10)9-11(15)13-6-3-5-12/h10H,2-4,6-9H2,1H3,(H,13,15)/t10-/m0/s1. The van der Waals surface area contributed by atoms with E-state index >= 15 is 0 Å². The Morgan fingerprint density at radius 2 is 2.47 bits per heavy atom. The van der Waals surface area contributed by atoms with Gasteiger partial charge in [0.15, 0.2) is 0 Å². The zero-order valence-corrected chi connectivity index (χ0v) is 9.33. The Morgan fingerprint density at radius 3 is 3.13 bits per heavy atom. The van der Waals surface area contributed by atoms with Crippen molar-refractivity contribution in [1.29, 1.82) is 5.26 Å². The molecule has 1 heterocycles. The third-order valence-corrected chi connectivity index (χ3v) is 2.67. The number of hydrogen-bond acceptors (Lipinski definition) is 3. The summed E-state index contributed by atoms with van der Waals surface area (Å²) in [5, 5.41) is 11.1. The molecule has 1 saturated heterocycles. The molecule has 0 saturated carbocycles. The molecule has 15 heavy (non-hydrogen) atoms. The Bertz CT molecular complexity index is 247. The molecule has 1 rings (SSSR count). The van der Waals surface area contributed by atoms with Gasteiger partial charge in [-0.1, -0.05) is 6.92 Å². The fraction of sp³-hybridized carbons (Fsp3) is 0.818. The van der Waals surface area contributed by atoms with E-state index in [0.717, 1.165) is 13.1 Å². The minimum Gasteiger partial charge on any atom is -0.354 e. The predicted molar refractivity (Wildman–Crippen MR) is 58.1 cm³/mol. The second kappa shape index (κ2) is 6.41. The van der Waals surface area contributed by atoms with Gasteiger partial charge < -0.3 is 5.32 Å². The zero-order valence-electron chi connectivity index (χ0n) is 9.33. The van der Waals surface area contributed by atoms with Crippen molar-refractivity contribution in [2.24, 2.45) is 5.92 Å². The summed E-state index contributed by atoms with van der Waals surface area (Å²) in [6, 6.07) is 2.01. The summed E-state index contributed by atoms with van der Waals surface area (Å²) in [4.78, 5) is 13.6. The van der Waals surface area contributed by atoms with Crippen LogP contribution in [0.3, 0.4) is 0 Å². The van der Waals surface area contributed by atoms with Crippen LogP contribution in [0.25, 0.3) is 0 Å².